The van der Waals surface area contributed by atoms with Crippen molar-refractivity contribution in [3.05, 3.63) is 21.8 Å². The van der Waals surface area contributed by atoms with Gasteiger partial charge in [0.1, 0.15) is 6.61 Å². The van der Waals surface area contributed by atoms with Gasteiger partial charge in [0.05, 0.1) is 11.4 Å². The summed E-state index contributed by atoms with van der Waals surface area (Å²) in [5.41, 5.74) is 12.1. The van der Waals surface area contributed by atoms with Crippen LogP contribution >= 0.6 is 22.6 Å². The summed E-state index contributed by atoms with van der Waals surface area (Å²) in [6, 6.07) is 5.67. The molecule has 0 unspecified atom stereocenters. The van der Waals surface area contributed by atoms with Crippen LogP contribution in [0.15, 0.2) is 18.2 Å². The van der Waals surface area contributed by atoms with E-state index < -0.39 is 6.09 Å². The molecular weight excluding hydrogens is 309 g/mol. The number of benzene rings is 1. The zero-order valence-electron chi connectivity index (χ0n) is 8.00. The monoisotopic (exact) mass is 321 g/mol. The highest BCUT2D eigenvalue weighted by atomic mass is 127. The first-order chi connectivity index (χ1) is 7.09. The number of amides is 1. The van der Waals surface area contributed by atoms with Crippen LogP contribution in [0.1, 0.15) is 0 Å². The van der Waals surface area contributed by atoms with Crippen molar-refractivity contribution in [2.45, 2.75) is 0 Å². The third-order valence-electron chi connectivity index (χ3n) is 1.68. The van der Waals surface area contributed by atoms with E-state index in [0.717, 1.165) is 9.26 Å². The number of nitrogens with two attached hydrogens (primary N) is 2. The minimum absolute atomic E-state index is 0.223. The Kier molecular flexibility index (Phi) is 4.47. The van der Waals surface area contributed by atoms with Gasteiger partial charge >= 0.3 is 6.09 Å². The Labute approximate surface area is 101 Å². The van der Waals surface area contributed by atoms with Crippen LogP contribution in [0.2, 0.25) is 0 Å². The number of nitrogens with one attached hydrogen (secondary N) is 1. The van der Waals surface area contributed by atoms with Gasteiger partial charge in [0.25, 0.3) is 0 Å². The summed E-state index contributed by atoms with van der Waals surface area (Å²) in [5, 5.41) is 3.03. The number of hydrogen-bond acceptors (Lipinski definition) is 4. The molecule has 6 heteroatoms. The fourth-order valence-electron chi connectivity index (χ4n) is 1.03. The van der Waals surface area contributed by atoms with E-state index in [1.54, 1.807) is 0 Å². The molecule has 0 aromatic heterocycles. The van der Waals surface area contributed by atoms with Crippen molar-refractivity contribution in [1.82, 2.24) is 0 Å². The van der Waals surface area contributed by atoms with Gasteiger partial charge in [0.15, 0.2) is 0 Å². The topological polar surface area (TPSA) is 90.4 Å². The Hall–Kier alpha value is -1.18. The predicted molar refractivity (Wildman–Crippen MR) is 67.6 cm³/mol. The molecule has 82 valence electrons. The lowest BCUT2D eigenvalue weighted by atomic mass is 10.3. The van der Waals surface area contributed by atoms with Crippen LogP contribution in [0.5, 0.6) is 0 Å². The molecule has 1 amide bonds. The second kappa shape index (κ2) is 5.64. The number of hydrogen-bond donors (Lipinski definition) is 3. The lowest BCUT2D eigenvalue weighted by molar-refractivity contribution is 0.161. The maximum atomic E-state index is 10.3. The summed E-state index contributed by atoms with van der Waals surface area (Å²) < 4.78 is 5.63. The van der Waals surface area contributed by atoms with Gasteiger partial charge < -0.3 is 21.5 Å². The molecule has 0 fully saturated rings. The van der Waals surface area contributed by atoms with Gasteiger partial charge in [-0.3, -0.25) is 0 Å². The van der Waals surface area contributed by atoms with Crippen LogP contribution in [-0.4, -0.2) is 19.2 Å². The summed E-state index contributed by atoms with van der Waals surface area (Å²) in [6.45, 7) is 0.703. The average molecular weight is 321 g/mol. The summed E-state index contributed by atoms with van der Waals surface area (Å²) in [6.07, 6.45) is -0.771. The maximum Gasteiger partial charge on any atom is 0.404 e. The number of primary amides is 1. The third-order valence-corrected chi connectivity index (χ3v) is 2.35. The van der Waals surface area contributed by atoms with Gasteiger partial charge in [0.2, 0.25) is 0 Å². The van der Waals surface area contributed by atoms with Crippen LogP contribution in [0, 0.1) is 3.57 Å². The summed E-state index contributed by atoms with van der Waals surface area (Å²) in [4.78, 5) is 10.3. The number of rotatable bonds is 4. The van der Waals surface area contributed by atoms with Crippen LogP contribution in [0.25, 0.3) is 0 Å². The lowest BCUT2D eigenvalue weighted by Crippen LogP contribution is -2.18. The van der Waals surface area contributed by atoms with Gasteiger partial charge in [-0.05, 0) is 40.8 Å². The second-order valence-electron chi connectivity index (χ2n) is 2.83. The predicted octanol–water partition coefficient (Wildman–Crippen LogP) is 1.38. The Morgan fingerprint density at radius 1 is 1.53 bits per heavy atom. The molecule has 0 spiro atoms. The van der Waals surface area contributed by atoms with E-state index in [2.05, 4.69) is 32.6 Å². The number of carbonyl (C=O) groups is 1. The van der Waals surface area contributed by atoms with E-state index in [9.17, 15) is 4.79 Å². The van der Waals surface area contributed by atoms with Gasteiger partial charge in [0, 0.05) is 10.1 Å². The zero-order chi connectivity index (χ0) is 11.3. The molecule has 15 heavy (non-hydrogen) atoms. The molecule has 5 nitrogen and oxygen atoms in total. The number of nitrogen functional groups attached to an aromatic ring is 1. The summed E-state index contributed by atoms with van der Waals surface area (Å²) in [5.74, 6) is 0. The minimum Gasteiger partial charge on any atom is -0.448 e. The molecule has 0 heterocycles. The molecular formula is C9H12IN3O2. The fraction of sp³-hybridized carbons (Fsp3) is 0.222. The molecule has 0 atom stereocenters. The molecule has 0 aliphatic heterocycles. The largest absolute Gasteiger partial charge is 0.448 e. The Morgan fingerprint density at radius 2 is 2.27 bits per heavy atom. The average Bonchev–Trinajstić information content (AvgIpc) is 2.14. The molecule has 0 aliphatic rings. The summed E-state index contributed by atoms with van der Waals surface area (Å²) >= 11 is 2.18. The summed E-state index contributed by atoms with van der Waals surface area (Å²) in [7, 11) is 0. The SMILES string of the molecule is NC(=O)OCCNc1ccc(I)cc1N. The third kappa shape index (κ3) is 4.24. The van der Waals surface area contributed by atoms with Crippen molar-refractivity contribution in [2.75, 3.05) is 24.2 Å². The van der Waals surface area contributed by atoms with E-state index in [-0.39, 0.29) is 6.61 Å². The lowest BCUT2D eigenvalue weighted by Gasteiger charge is -2.09. The second-order valence-corrected chi connectivity index (χ2v) is 4.07. The molecule has 1 aromatic carbocycles. The first-order valence-corrected chi connectivity index (χ1v) is 5.38. The first-order valence-electron chi connectivity index (χ1n) is 4.30. The highest BCUT2D eigenvalue weighted by Crippen LogP contribution is 2.20. The molecule has 5 N–H and O–H groups in total. The number of halogens is 1. The highest BCUT2D eigenvalue weighted by molar-refractivity contribution is 14.1. The quantitative estimate of drug-likeness (QED) is 0.444. The van der Waals surface area contributed by atoms with E-state index in [0.29, 0.717) is 12.2 Å². The van der Waals surface area contributed by atoms with Crippen molar-refractivity contribution in [2.24, 2.45) is 5.73 Å². The molecule has 0 saturated carbocycles. The maximum absolute atomic E-state index is 10.3. The molecule has 0 radical (unpaired) electrons. The molecule has 1 aromatic rings. The Bertz CT molecular complexity index is 357. The minimum atomic E-state index is -0.771. The van der Waals surface area contributed by atoms with Gasteiger partial charge in [-0.15, -0.1) is 0 Å². The van der Waals surface area contributed by atoms with Crippen molar-refractivity contribution in [1.29, 1.82) is 0 Å². The van der Waals surface area contributed by atoms with Crippen molar-refractivity contribution < 1.29 is 9.53 Å². The molecule has 0 saturated heterocycles. The van der Waals surface area contributed by atoms with Crippen LogP contribution in [0.3, 0.4) is 0 Å². The first kappa shape index (κ1) is 11.9. The number of ether oxygens (including phenoxy) is 1. The highest BCUT2D eigenvalue weighted by Gasteiger charge is 1.99. The Balaban J connectivity index is 2.40. The molecule has 0 bridgehead atoms. The zero-order valence-corrected chi connectivity index (χ0v) is 10.2. The number of anilines is 2. The Morgan fingerprint density at radius 3 is 2.87 bits per heavy atom. The molecule has 0 aliphatic carbocycles. The van der Waals surface area contributed by atoms with Gasteiger partial charge in [-0.2, -0.15) is 0 Å². The van der Waals surface area contributed by atoms with Crippen molar-refractivity contribution >= 4 is 40.1 Å². The van der Waals surface area contributed by atoms with E-state index >= 15 is 0 Å². The van der Waals surface area contributed by atoms with Crippen LogP contribution < -0.4 is 16.8 Å². The normalized spacial score (nSPS) is 9.67. The van der Waals surface area contributed by atoms with Crippen molar-refractivity contribution in [3.63, 3.8) is 0 Å². The number of carbonyl (C=O) groups excluding carboxylic acids is 1. The fourth-order valence-corrected chi connectivity index (χ4v) is 1.55. The van der Waals surface area contributed by atoms with E-state index in [4.69, 9.17) is 11.5 Å². The standard InChI is InChI=1S/C9H12IN3O2/c10-6-1-2-8(7(11)5-6)13-3-4-15-9(12)14/h1-2,5,13H,3-4,11H2,(H2,12,14). The van der Waals surface area contributed by atoms with E-state index in [1.165, 1.54) is 0 Å². The van der Waals surface area contributed by atoms with Crippen molar-refractivity contribution in [3.8, 4) is 0 Å². The smallest absolute Gasteiger partial charge is 0.404 e. The van der Waals surface area contributed by atoms with Crippen LogP contribution in [-0.2, 0) is 4.74 Å². The van der Waals surface area contributed by atoms with Crippen LogP contribution in [0.4, 0.5) is 16.2 Å². The van der Waals surface area contributed by atoms with Gasteiger partial charge in [-0.25, -0.2) is 4.79 Å². The van der Waals surface area contributed by atoms with E-state index in [1.807, 2.05) is 18.2 Å². The van der Waals surface area contributed by atoms with Gasteiger partial charge in [-0.1, -0.05) is 0 Å². The molecule has 1 rings (SSSR count).